The second-order valence-electron chi connectivity index (χ2n) is 7.97. The van der Waals surface area contributed by atoms with Gasteiger partial charge in [-0.2, -0.15) is 0 Å². The number of rotatable bonds is 7. The first kappa shape index (κ1) is 22.7. The van der Waals surface area contributed by atoms with E-state index in [0.717, 1.165) is 13.1 Å². The van der Waals surface area contributed by atoms with Crippen LogP contribution >= 0.6 is 0 Å². The van der Waals surface area contributed by atoms with Crippen molar-refractivity contribution in [1.82, 2.24) is 9.80 Å². The van der Waals surface area contributed by atoms with Crippen molar-refractivity contribution in [1.29, 1.82) is 0 Å². The van der Waals surface area contributed by atoms with Crippen molar-refractivity contribution in [3.63, 3.8) is 0 Å². The minimum Gasteiger partial charge on any atom is -0.508 e. The van der Waals surface area contributed by atoms with Crippen LogP contribution < -0.4 is 9.47 Å². The SMILES string of the molecule is CCN(CC)CCN1C(=O)C(=O)/C(=C(\O)c2ccc3c(c2)OCCO3)C1c1ccc(O)cc1. The average molecular weight is 453 g/mol. The molecule has 0 saturated carbocycles. The van der Waals surface area contributed by atoms with Gasteiger partial charge in [0.25, 0.3) is 11.7 Å². The Bertz CT molecular complexity index is 1070. The summed E-state index contributed by atoms with van der Waals surface area (Å²) in [5, 5.41) is 20.9. The highest BCUT2D eigenvalue weighted by molar-refractivity contribution is 6.46. The molecule has 0 radical (unpaired) electrons. The summed E-state index contributed by atoms with van der Waals surface area (Å²) in [7, 11) is 0. The first-order valence-corrected chi connectivity index (χ1v) is 11.1. The van der Waals surface area contributed by atoms with Crippen molar-refractivity contribution >= 4 is 17.4 Å². The lowest BCUT2D eigenvalue weighted by Gasteiger charge is -2.28. The van der Waals surface area contributed by atoms with Gasteiger partial charge in [0.1, 0.15) is 24.7 Å². The fourth-order valence-electron chi connectivity index (χ4n) is 4.25. The van der Waals surface area contributed by atoms with Crippen molar-refractivity contribution in [3.8, 4) is 17.2 Å². The molecule has 2 aromatic carbocycles. The van der Waals surface area contributed by atoms with E-state index in [1.807, 2.05) is 13.8 Å². The highest BCUT2D eigenvalue weighted by atomic mass is 16.6. The Morgan fingerprint density at radius 3 is 2.36 bits per heavy atom. The number of likely N-dealkylation sites (tertiary alicyclic amines) is 1. The van der Waals surface area contributed by atoms with Gasteiger partial charge in [0.05, 0.1) is 11.6 Å². The Morgan fingerprint density at radius 1 is 1.03 bits per heavy atom. The molecule has 4 rings (SSSR count). The Hall–Kier alpha value is -3.52. The monoisotopic (exact) mass is 452 g/mol. The van der Waals surface area contributed by atoms with Gasteiger partial charge in [0.2, 0.25) is 0 Å². The number of phenolic OH excluding ortho intramolecular Hbond substituents is 1. The molecule has 0 aromatic heterocycles. The van der Waals surface area contributed by atoms with E-state index in [-0.39, 0.29) is 17.1 Å². The Labute approximate surface area is 192 Å². The van der Waals surface area contributed by atoms with Crippen LogP contribution in [0.1, 0.15) is 31.0 Å². The molecule has 0 aliphatic carbocycles. The molecule has 2 N–H and O–H groups in total. The second kappa shape index (κ2) is 9.54. The number of hydrogen-bond donors (Lipinski definition) is 2. The number of hydrogen-bond acceptors (Lipinski definition) is 7. The zero-order valence-corrected chi connectivity index (χ0v) is 18.8. The van der Waals surface area contributed by atoms with Gasteiger partial charge in [0.15, 0.2) is 11.5 Å². The number of aliphatic hydroxyl groups is 1. The molecule has 33 heavy (non-hydrogen) atoms. The molecule has 174 valence electrons. The van der Waals surface area contributed by atoms with E-state index in [1.54, 1.807) is 30.3 Å². The Kier molecular flexibility index (Phi) is 6.55. The second-order valence-corrected chi connectivity index (χ2v) is 7.97. The molecular weight excluding hydrogens is 424 g/mol. The molecule has 1 fully saturated rings. The molecule has 8 heteroatoms. The first-order chi connectivity index (χ1) is 15.9. The van der Waals surface area contributed by atoms with Crippen LogP contribution in [0.4, 0.5) is 0 Å². The number of nitrogens with zero attached hydrogens (tertiary/aromatic N) is 2. The van der Waals surface area contributed by atoms with Gasteiger partial charge < -0.3 is 29.5 Å². The lowest BCUT2D eigenvalue weighted by atomic mass is 9.95. The number of fused-ring (bicyclic) bond motifs is 1. The van der Waals surface area contributed by atoms with Gasteiger partial charge in [-0.15, -0.1) is 0 Å². The summed E-state index contributed by atoms with van der Waals surface area (Å²) in [5.41, 5.74) is 1.01. The molecular formula is C25H28N2O6. The average Bonchev–Trinajstić information content (AvgIpc) is 3.09. The quantitative estimate of drug-likeness (QED) is 0.379. The Balaban J connectivity index is 1.78. The van der Waals surface area contributed by atoms with Crippen molar-refractivity contribution in [3.05, 3.63) is 59.2 Å². The van der Waals surface area contributed by atoms with Gasteiger partial charge >= 0.3 is 0 Å². The minimum absolute atomic E-state index is 0.0157. The number of benzene rings is 2. The maximum Gasteiger partial charge on any atom is 0.295 e. The molecule has 1 atom stereocenters. The summed E-state index contributed by atoms with van der Waals surface area (Å²) < 4.78 is 11.1. The first-order valence-electron chi connectivity index (χ1n) is 11.1. The third-order valence-electron chi connectivity index (χ3n) is 6.12. The predicted molar refractivity (Wildman–Crippen MR) is 122 cm³/mol. The largest absolute Gasteiger partial charge is 0.508 e. The van der Waals surface area contributed by atoms with Crippen LogP contribution in [0.3, 0.4) is 0 Å². The predicted octanol–water partition coefficient (Wildman–Crippen LogP) is 2.93. The fraction of sp³-hybridized carbons (Fsp3) is 0.360. The topological polar surface area (TPSA) is 99.5 Å². The van der Waals surface area contributed by atoms with E-state index in [2.05, 4.69) is 4.90 Å². The number of aliphatic hydroxyl groups excluding tert-OH is 1. The maximum absolute atomic E-state index is 13.1. The van der Waals surface area contributed by atoms with Gasteiger partial charge in [-0.05, 0) is 49.0 Å². The lowest BCUT2D eigenvalue weighted by Crippen LogP contribution is -2.38. The number of amides is 1. The number of carbonyl (C=O) groups excluding carboxylic acids is 2. The number of ether oxygens (including phenoxy) is 2. The molecule has 0 spiro atoms. The lowest BCUT2D eigenvalue weighted by molar-refractivity contribution is -0.140. The van der Waals surface area contributed by atoms with Crippen LogP contribution in [-0.4, -0.2) is 71.1 Å². The molecule has 8 nitrogen and oxygen atoms in total. The number of aromatic hydroxyl groups is 1. The summed E-state index contributed by atoms with van der Waals surface area (Å²) in [6.45, 7) is 7.47. The number of likely N-dealkylation sites (N-methyl/N-ethyl adjacent to an activating group) is 1. The molecule has 1 unspecified atom stereocenters. The number of ketones is 1. The molecule has 2 heterocycles. The standard InChI is InChI=1S/C25H28N2O6/c1-3-26(4-2)11-12-27-22(16-5-8-18(28)9-6-16)21(24(30)25(27)31)23(29)17-7-10-19-20(15-17)33-14-13-32-19/h5-10,15,22,28-29H,3-4,11-14H2,1-2H3/b23-21-. The highest BCUT2D eigenvalue weighted by Crippen LogP contribution is 2.41. The van der Waals surface area contributed by atoms with Crippen molar-refractivity contribution in [2.24, 2.45) is 0 Å². The normalized spacial score (nSPS) is 19.4. The van der Waals surface area contributed by atoms with Crippen molar-refractivity contribution in [2.45, 2.75) is 19.9 Å². The van der Waals surface area contributed by atoms with E-state index < -0.39 is 17.7 Å². The van der Waals surface area contributed by atoms with E-state index in [9.17, 15) is 19.8 Å². The van der Waals surface area contributed by atoms with Gasteiger partial charge in [-0.1, -0.05) is 26.0 Å². The van der Waals surface area contributed by atoms with Crippen LogP contribution in [0.25, 0.3) is 5.76 Å². The summed E-state index contributed by atoms with van der Waals surface area (Å²) >= 11 is 0. The van der Waals surface area contributed by atoms with Crippen LogP contribution in [0, 0.1) is 0 Å². The van der Waals surface area contributed by atoms with E-state index in [4.69, 9.17) is 9.47 Å². The van der Waals surface area contributed by atoms with Gasteiger partial charge in [0, 0.05) is 18.7 Å². The summed E-state index contributed by atoms with van der Waals surface area (Å²) in [4.78, 5) is 29.8. The molecule has 2 aliphatic heterocycles. The number of phenols is 1. The maximum atomic E-state index is 13.1. The summed E-state index contributed by atoms with van der Waals surface area (Å²) in [5.74, 6) is -0.548. The van der Waals surface area contributed by atoms with Crippen LogP contribution in [0.2, 0.25) is 0 Å². The Morgan fingerprint density at radius 2 is 1.70 bits per heavy atom. The molecule has 0 bridgehead atoms. The molecule has 2 aliphatic rings. The summed E-state index contributed by atoms with van der Waals surface area (Å²) in [6.07, 6.45) is 0. The van der Waals surface area contributed by atoms with Crippen LogP contribution in [0.5, 0.6) is 17.2 Å². The van der Waals surface area contributed by atoms with Crippen molar-refractivity contribution in [2.75, 3.05) is 39.4 Å². The molecule has 2 aromatic rings. The minimum atomic E-state index is -0.769. The van der Waals surface area contributed by atoms with Gasteiger partial charge in [-0.3, -0.25) is 9.59 Å². The third-order valence-corrected chi connectivity index (χ3v) is 6.12. The molecule has 1 saturated heterocycles. The summed E-state index contributed by atoms with van der Waals surface area (Å²) in [6, 6.07) is 10.5. The smallest absolute Gasteiger partial charge is 0.295 e. The number of Topliss-reactive ketones (excluding diaryl/α,β-unsaturated/α-hetero) is 1. The van der Waals surface area contributed by atoms with E-state index in [1.165, 1.54) is 17.0 Å². The number of carbonyl (C=O) groups is 2. The van der Waals surface area contributed by atoms with Crippen LogP contribution in [0.15, 0.2) is 48.0 Å². The van der Waals surface area contributed by atoms with E-state index >= 15 is 0 Å². The van der Waals surface area contributed by atoms with Crippen LogP contribution in [-0.2, 0) is 9.59 Å². The van der Waals surface area contributed by atoms with Gasteiger partial charge in [-0.25, -0.2) is 0 Å². The molecule has 1 amide bonds. The van der Waals surface area contributed by atoms with Crippen molar-refractivity contribution < 1.29 is 29.3 Å². The zero-order valence-electron chi connectivity index (χ0n) is 18.8. The fourth-order valence-corrected chi connectivity index (χ4v) is 4.25. The zero-order chi connectivity index (χ0) is 23.5. The highest BCUT2D eigenvalue weighted by Gasteiger charge is 2.46. The third kappa shape index (κ3) is 4.39. The van der Waals surface area contributed by atoms with E-state index in [0.29, 0.717) is 48.9 Å².